The fourth-order valence-corrected chi connectivity index (χ4v) is 2.33. The Balaban J connectivity index is 2.14. The van der Waals surface area contributed by atoms with Gasteiger partial charge in [-0.15, -0.1) is 0 Å². The van der Waals surface area contributed by atoms with Gasteiger partial charge in [0.1, 0.15) is 23.2 Å². The van der Waals surface area contributed by atoms with Crippen LogP contribution >= 0.6 is 0 Å². The quantitative estimate of drug-likeness (QED) is 0.892. The smallest absolute Gasteiger partial charge is 0.204 e. The van der Waals surface area contributed by atoms with Gasteiger partial charge in [-0.05, 0) is 18.6 Å². The van der Waals surface area contributed by atoms with Crippen LogP contribution in [0.5, 0.6) is 5.75 Å². The third-order valence-corrected chi connectivity index (χ3v) is 3.26. The number of rotatable bonds is 2. The summed E-state index contributed by atoms with van der Waals surface area (Å²) in [5.41, 5.74) is 2.22. The molecule has 0 bridgehead atoms. The van der Waals surface area contributed by atoms with Crippen molar-refractivity contribution < 1.29 is 4.74 Å². The molecule has 19 heavy (non-hydrogen) atoms. The number of hydrogen-bond donors (Lipinski definition) is 1. The average molecular weight is 254 g/mol. The van der Waals surface area contributed by atoms with Gasteiger partial charge in [0, 0.05) is 18.7 Å². The number of methoxy groups -OCH3 is 1. The van der Waals surface area contributed by atoms with E-state index in [0.717, 1.165) is 36.8 Å². The van der Waals surface area contributed by atoms with Gasteiger partial charge in [-0.1, -0.05) is 12.1 Å². The normalized spacial score (nSPS) is 13.3. The third kappa shape index (κ3) is 1.91. The molecule has 3 rings (SSSR count). The second-order valence-electron chi connectivity index (χ2n) is 4.41. The molecule has 1 N–H and O–H groups in total. The number of fused-ring (bicyclic) bond motifs is 1. The summed E-state index contributed by atoms with van der Waals surface area (Å²) in [5.74, 6) is 1.54. The maximum atomic E-state index is 9.38. The van der Waals surface area contributed by atoms with Crippen LogP contribution in [-0.4, -0.2) is 23.2 Å². The predicted octanol–water partition coefficient (Wildman–Crippen LogP) is 2.25. The van der Waals surface area contributed by atoms with Crippen LogP contribution in [0.1, 0.15) is 12.1 Å². The second-order valence-corrected chi connectivity index (χ2v) is 4.41. The largest absolute Gasteiger partial charge is 0.497 e. The minimum atomic E-state index is 0.607. The highest BCUT2D eigenvalue weighted by Crippen LogP contribution is 2.29. The van der Waals surface area contributed by atoms with Crippen LogP contribution < -0.4 is 10.1 Å². The standard InChI is InChI=1S/C14H14N4O/c1-19-11-5-2-4-10(8-11)13-12(9-15)18-7-3-6-16-14(18)17-13/h2,4-5,8H,3,6-7H2,1H3,(H,16,17). The molecule has 0 aliphatic carbocycles. The lowest BCUT2D eigenvalue weighted by molar-refractivity contribution is 0.415. The summed E-state index contributed by atoms with van der Waals surface area (Å²) in [5, 5.41) is 12.6. The van der Waals surface area contributed by atoms with E-state index in [1.807, 2.05) is 28.8 Å². The van der Waals surface area contributed by atoms with Crippen molar-refractivity contribution in [2.45, 2.75) is 13.0 Å². The van der Waals surface area contributed by atoms with Gasteiger partial charge in [0.25, 0.3) is 0 Å². The second kappa shape index (κ2) is 4.65. The summed E-state index contributed by atoms with van der Waals surface area (Å²) in [4.78, 5) is 4.54. The van der Waals surface area contributed by atoms with Crippen LogP contribution in [0.4, 0.5) is 5.95 Å². The lowest BCUT2D eigenvalue weighted by Crippen LogP contribution is -2.18. The summed E-state index contributed by atoms with van der Waals surface area (Å²) in [6.07, 6.45) is 1.01. The Morgan fingerprint density at radius 1 is 1.47 bits per heavy atom. The maximum absolute atomic E-state index is 9.38. The number of imidazole rings is 1. The zero-order chi connectivity index (χ0) is 13.2. The van der Waals surface area contributed by atoms with Crippen LogP contribution in [0.15, 0.2) is 24.3 Å². The molecule has 0 saturated carbocycles. The van der Waals surface area contributed by atoms with E-state index in [4.69, 9.17) is 4.74 Å². The van der Waals surface area contributed by atoms with Crippen molar-refractivity contribution in [3.8, 4) is 23.1 Å². The molecule has 1 aliphatic heterocycles. The van der Waals surface area contributed by atoms with E-state index in [9.17, 15) is 5.26 Å². The van der Waals surface area contributed by atoms with Crippen LogP contribution in [-0.2, 0) is 6.54 Å². The van der Waals surface area contributed by atoms with E-state index in [-0.39, 0.29) is 0 Å². The minimum Gasteiger partial charge on any atom is -0.497 e. The van der Waals surface area contributed by atoms with E-state index >= 15 is 0 Å². The van der Waals surface area contributed by atoms with Crippen molar-refractivity contribution in [2.24, 2.45) is 0 Å². The van der Waals surface area contributed by atoms with Crippen LogP contribution in [0.25, 0.3) is 11.3 Å². The fourth-order valence-electron chi connectivity index (χ4n) is 2.33. The Bertz CT molecular complexity index is 654. The number of aromatic nitrogens is 2. The Hall–Kier alpha value is -2.48. The van der Waals surface area contributed by atoms with E-state index in [1.165, 1.54) is 0 Å². The highest BCUT2D eigenvalue weighted by molar-refractivity contribution is 5.69. The lowest BCUT2D eigenvalue weighted by atomic mass is 10.1. The van der Waals surface area contributed by atoms with Crippen molar-refractivity contribution in [2.75, 3.05) is 19.0 Å². The molecule has 0 atom stereocenters. The van der Waals surface area contributed by atoms with Gasteiger partial charge >= 0.3 is 0 Å². The maximum Gasteiger partial charge on any atom is 0.204 e. The molecule has 0 unspecified atom stereocenters. The Morgan fingerprint density at radius 2 is 2.37 bits per heavy atom. The monoisotopic (exact) mass is 254 g/mol. The van der Waals surface area contributed by atoms with Gasteiger partial charge in [0.15, 0.2) is 0 Å². The molecule has 0 spiro atoms. The molecule has 0 fully saturated rings. The van der Waals surface area contributed by atoms with Gasteiger partial charge in [-0.2, -0.15) is 5.26 Å². The molecule has 0 radical (unpaired) electrons. The average Bonchev–Trinajstić information content (AvgIpc) is 2.86. The first-order valence-electron chi connectivity index (χ1n) is 6.22. The number of nitrogens with one attached hydrogen (secondary N) is 1. The number of ether oxygens (including phenoxy) is 1. The van der Waals surface area contributed by atoms with Gasteiger partial charge in [0.2, 0.25) is 5.95 Å². The van der Waals surface area contributed by atoms with E-state index in [2.05, 4.69) is 16.4 Å². The molecule has 96 valence electrons. The highest BCUT2D eigenvalue weighted by atomic mass is 16.5. The number of hydrogen-bond acceptors (Lipinski definition) is 4. The van der Waals surface area contributed by atoms with Gasteiger partial charge in [0.05, 0.1) is 7.11 Å². The zero-order valence-corrected chi connectivity index (χ0v) is 10.7. The Morgan fingerprint density at radius 3 is 3.16 bits per heavy atom. The summed E-state index contributed by atoms with van der Waals surface area (Å²) < 4.78 is 7.16. The van der Waals surface area contributed by atoms with Crippen molar-refractivity contribution in [1.82, 2.24) is 9.55 Å². The van der Waals surface area contributed by atoms with Crippen LogP contribution in [0.2, 0.25) is 0 Å². The summed E-state index contributed by atoms with van der Waals surface area (Å²) in [7, 11) is 1.63. The summed E-state index contributed by atoms with van der Waals surface area (Å²) in [6, 6.07) is 9.88. The van der Waals surface area contributed by atoms with Gasteiger partial charge in [-0.3, -0.25) is 0 Å². The molecule has 5 heteroatoms. The van der Waals surface area contributed by atoms with E-state index in [0.29, 0.717) is 11.4 Å². The molecular formula is C14H14N4O. The molecule has 1 aromatic heterocycles. The van der Waals surface area contributed by atoms with Crippen molar-refractivity contribution in [1.29, 1.82) is 5.26 Å². The first-order valence-corrected chi connectivity index (χ1v) is 6.22. The number of nitrogens with zero attached hydrogens (tertiary/aromatic N) is 3. The van der Waals surface area contributed by atoms with Gasteiger partial charge in [-0.25, -0.2) is 4.98 Å². The first kappa shape index (κ1) is 11.6. The van der Waals surface area contributed by atoms with E-state index in [1.54, 1.807) is 7.11 Å². The molecule has 1 aromatic carbocycles. The van der Waals surface area contributed by atoms with E-state index < -0.39 is 0 Å². The van der Waals surface area contributed by atoms with Crippen molar-refractivity contribution >= 4 is 5.95 Å². The molecular weight excluding hydrogens is 240 g/mol. The summed E-state index contributed by atoms with van der Waals surface area (Å²) >= 11 is 0. The Kier molecular flexibility index (Phi) is 2.84. The number of anilines is 1. The Labute approximate surface area is 111 Å². The highest BCUT2D eigenvalue weighted by Gasteiger charge is 2.20. The molecule has 0 amide bonds. The zero-order valence-electron chi connectivity index (χ0n) is 10.7. The first-order chi connectivity index (χ1) is 9.33. The minimum absolute atomic E-state index is 0.607. The van der Waals surface area contributed by atoms with Crippen molar-refractivity contribution in [3.63, 3.8) is 0 Å². The fraction of sp³-hybridized carbons (Fsp3) is 0.286. The molecule has 2 heterocycles. The van der Waals surface area contributed by atoms with Crippen LogP contribution in [0, 0.1) is 11.3 Å². The number of nitriles is 1. The van der Waals surface area contributed by atoms with Crippen molar-refractivity contribution in [3.05, 3.63) is 30.0 Å². The lowest BCUT2D eigenvalue weighted by Gasteiger charge is -2.15. The predicted molar refractivity (Wildman–Crippen MR) is 72.0 cm³/mol. The molecule has 0 saturated heterocycles. The molecule has 1 aliphatic rings. The SMILES string of the molecule is COc1cccc(-c2nc3n(c2C#N)CCCN3)c1. The number of benzene rings is 1. The topological polar surface area (TPSA) is 62.9 Å². The molecule has 2 aromatic rings. The summed E-state index contributed by atoms with van der Waals surface area (Å²) in [6.45, 7) is 1.74. The molecule has 5 nitrogen and oxygen atoms in total. The third-order valence-electron chi connectivity index (χ3n) is 3.26. The van der Waals surface area contributed by atoms with Crippen LogP contribution in [0.3, 0.4) is 0 Å². The van der Waals surface area contributed by atoms with Gasteiger partial charge < -0.3 is 14.6 Å².